The molecule has 2 aromatic rings. The molecule has 1 amide bonds. The van der Waals surface area contributed by atoms with E-state index in [0.29, 0.717) is 17.0 Å². The normalized spacial score (nSPS) is 11.2. The number of nitrogens with two attached hydrogens (primary N) is 1. The molecule has 0 bridgehead atoms. The Morgan fingerprint density at radius 3 is 2.50 bits per heavy atom. The van der Waals surface area contributed by atoms with Gasteiger partial charge in [-0.3, -0.25) is 4.79 Å². The van der Waals surface area contributed by atoms with Crippen molar-refractivity contribution >= 4 is 33.2 Å². The number of nitrogens with zero attached hydrogens (tertiary/aromatic N) is 1. The zero-order valence-electron chi connectivity index (χ0n) is 10.9. The molecule has 0 saturated heterocycles. The van der Waals surface area contributed by atoms with Gasteiger partial charge in [0.05, 0.1) is 5.71 Å². The Balaban J connectivity index is 2.08. The zero-order valence-corrected chi connectivity index (χ0v) is 12.5. The summed E-state index contributed by atoms with van der Waals surface area (Å²) in [7, 11) is 0. The van der Waals surface area contributed by atoms with Crippen LogP contribution in [-0.4, -0.2) is 11.6 Å². The summed E-state index contributed by atoms with van der Waals surface area (Å²) in [6.07, 6.45) is 0. The van der Waals surface area contributed by atoms with Gasteiger partial charge in [-0.15, -0.1) is 0 Å². The molecule has 0 atom stereocenters. The van der Waals surface area contributed by atoms with Crippen LogP contribution in [-0.2, 0) is 0 Å². The summed E-state index contributed by atoms with van der Waals surface area (Å²) in [5, 5.41) is 4.08. The topological polar surface area (TPSA) is 67.5 Å². The van der Waals surface area contributed by atoms with E-state index in [1.54, 1.807) is 18.2 Å². The maximum atomic E-state index is 11.9. The van der Waals surface area contributed by atoms with Crippen LogP contribution in [0, 0.1) is 0 Å². The van der Waals surface area contributed by atoms with Crippen LogP contribution in [0.15, 0.2) is 58.1 Å². The molecule has 5 heteroatoms. The van der Waals surface area contributed by atoms with Crippen LogP contribution in [0.4, 0.5) is 5.69 Å². The van der Waals surface area contributed by atoms with Crippen LogP contribution in [0.1, 0.15) is 22.8 Å². The smallest absolute Gasteiger partial charge is 0.271 e. The summed E-state index contributed by atoms with van der Waals surface area (Å²) in [6.45, 7) is 1.82. The maximum Gasteiger partial charge on any atom is 0.271 e. The van der Waals surface area contributed by atoms with Gasteiger partial charge in [-0.2, -0.15) is 5.10 Å². The van der Waals surface area contributed by atoms with Gasteiger partial charge in [0.15, 0.2) is 0 Å². The molecule has 0 unspecified atom stereocenters. The molecule has 0 saturated carbocycles. The Morgan fingerprint density at radius 1 is 1.15 bits per heavy atom. The molecule has 0 aliphatic carbocycles. The zero-order chi connectivity index (χ0) is 14.5. The summed E-state index contributed by atoms with van der Waals surface area (Å²) in [5.74, 6) is -0.249. The SMILES string of the molecule is C/C(=N\NC(=O)c1ccc(Br)cc1)c1cccc(N)c1. The van der Waals surface area contributed by atoms with Gasteiger partial charge in [-0.1, -0.05) is 28.1 Å². The minimum Gasteiger partial charge on any atom is -0.399 e. The summed E-state index contributed by atoms with van der Waals surface area (Å²) in [5.41, 5.74) is 11.0. The second-order valence-corrected chi connectivity index (χ2v) is 5.19. The predicted molar refractivity (Wildman–Crippen MR) is 84.7 cm³/mol. The third kappa shape index (κ3) is 3.68. The van der Waals surface area contributed by atoms with E-state index in [1.807, 2.05) is 37.3 Å². The van der Waals surface area contributed by atoms with Crippen molar-refractivity contribution in [1.82, 2.24) is 5.43 Å². The van der Waals surface area contributed by atoms with Crippen molar-refractivity contribution < 1.29 is 4.79 Å². The predicted octanol–water partition coefficient (Wildman–Crippen LogP) is 3.19. The van der Waals surface area contributed by atoms with Crippen molar-refractivity contribution in [2.45, 2.75) is 6.92 Å². The van der Waals surface area contributed by atoms with Crippen molar-refractivity contribution in [3.8, 4) is 0 Å². The number of nitrogen functional groups attached to an aromatic ring is 1. The fourth-order valence-electron chi connectivity index (χ4n) is 1.63. The first-order valence-electron chi connectivity index (χ1n) is 6.02. The number of hydrogen-bond donors (Lipinski definition) is 2. The molecule has 0 spiro atoms. The highest BCUT2D eigenvalue weighted by Crippen LogP contribution is 2.11. The van der Waals surface area contributed by atoms with E-state index in [-0.39, 0.29) is 5.91 Å². The molecule has 0 aromatic heterocycles. The molecule has 20 heavy (non-hydrogen) atoms. The molecule has 2 rings (SSSR count). The third-order valence-corrected chi connectivity index (χ3v) is 3.26. The van der Waals surface area contributed by atoms with Gasteiger partial charge in [0.2, 0.25) is 0 Å². The molecule has 0 fully saturated rings. The molecule has 2 aromatic carbocycles. The second-order valence-electron chi connectivity index (χ2n) is 4.27. The van der Waals surface area contributed by atoms with Gasteiger partial charge in [0.1, 0.15) is 0 Å². The van der Waals surface area contributed by atoms with E-state index in [2.05, 4.69) is 26.5 Å². The number of halogens is 1. The fraction of sp³-hybridized carbons (Fsp3) is 0.0667. The number of amides is 1. The number of benzene rings is 2. The molecule has 0 radical (unpaired) electrons. The Hall–Kier alpha value is -2.14. The summed E-state index contributed by atoms with van der Waals surface area (Å²) in [4.78, 5) is 11.9. The molecule has 0 aliphatic heterocycles. The lowest BCUT2D eigenvalue weighted by molar-refractivity contribution is 0.0955. The average Bonchev–Trinajstić information content (AvgIpc) is 2.45. The summed E-state index contributed by atoms with van der Waals surface area (Å²) >= 11 is 3.32. The van der Waals surface area contributed by atoms with Crippen LogP contribution < -0.4 is 11.2 Å². The highest BCUT2D eigenvalue weighted by Gasteiger charge is 2.04. The van der Waals surface area contributed by atoms with Gasteiger partial charge in [-0.25, -0.2) is 5.43 Å². The number of hydrogen-bond acceptors (Lipinski definition) is 3. The van der Waals surface area contributed by atoms with E-state index >= 15 is 0 Å². The number of rotatable bonds is 3. The van der Waals surface area contributed by atoms with Crippen LogP contribution >= 0.6 is 15.9 Å². The Morgan fingerprint density at radius 2 is 1.85 bits per heavy atom. The van der Waals surface area contributed by atoms with Crippen LogP contribution in [0.2, 0.25) is 0 Å². The largest absolute Gasteiger partial charge is 0.399 e. The van der Waals surface area contributed by atoms with Crippen molar-refractivity contribution in [3.05, 3.63) is 64.1 Å². The van der Waals surface area contributed by atoms with Gasteiger partial charge in [0.25, 0.3) is 5.91 Å². The van der Waals surface area contributed by atoms with Gasteiger partial charge in [-0.05, 0) is 48.9 Å². The Labute approximate surface area is 125 Å². The minimum atomic E-state index is -0.249. The number of hydrazone groups is 1. The molecule has 4 nitrogen and oxygen atoms in total. The highest BCUT2D eigenvalue weighted by molar-refractivity contribution is 9.10. The molecule has 0 heterocycles. The van der Waals surface area contributed by atoms with Crippen LogP contribution in [0.25, 0.3) is 0 Å². The van der Waals surface area contributed by atoms with E-state index in [9.17, 15) is 4.79 Å². The van der Waals surface area contributed by atoms with Gasteiger partial charge < -0.3 is 5.73 Å². The monoisotopic (exact) mass is 331 g/mol. The lowest BCUT2D eigenvalue weighted by atomic mass is 10.1. The molecular formula is C15H14BrN3O. The number of carbonyl (C=O) groups is 1. The van der Waals surface area contributed by atoms with Crippen LogP contribution in [0.5, 0.6) is 0 Å². The van der Waals surface area contributed by atoms with Crippen molar-refractivity contribution in [1.29, 1.82) is 0 Å². The first-order chi connectivity index (χ1) is 9.56. The average molecular weight is 332 g/mol. The maximum absolute atomic E-state index is 11.9. The van der Waals surface area contributed by atoms with E-state index < -0.39 is 0 Å². The Bertz CT molecular complexity index is 650. The van der Waals surface area contributed by atoms with E-state index in [0.717, 1.165) is 10.0 Å². The van der Waals surface area contributed by atoms with Crippen molar-refractivity contribution in [3.63, 3.8) is 0 Å². The Kier molecular flexibility index (Phi) is 4.53. The number of carbonyl (C=O) groups excluding carboxylic acids is 1. The van der Waals surface area contributed by atoms with Gasteiger partial charge >= 0.3 is 0 Å². The van der Waals surface area contributed by atoms with Crippen molar-refractivity contribution in [2.24, 2.45) is 5.10 Å². The van der Waals surface area contributed by atoms with Crippen molar-refractivity contribution in [2.75, 3.05) is 5.73 Å². The molecule has 3 N–H and O–H groups in total. The fourth-order valence-corrected chi connectivity index (χ4v) is 1.89. The van der Waals surface area contributed by atoms with E-state index in [4.69, 9.17) is 5.73 Å². The number of anilines is 1. The standard InChI is InChI=1S/C15H14BrN3O/c1-10(12-3-2-4-14(17)9-12)18-19-15(20)11-5-7-13(16)8-6-11/h2-9H,17H2,1H3,(H,19,20)/b18-10+. The summed E-state index contributed by atoms with van der Waals surface area (Å²) in [6, 6.07) is 14.4. The second kappa shape index (κ2) is 6.34. The summed E-state index contributed by atoms with van der Waals surface area (Å²) < 4.78 is 0.925. The third-order valence-electron chi connectivity index (χ3n) is 2.74. The number of nitrogens with one attached hydrogen (secondary N) is 1. The lowest BCUT2D eigenvalue weighted by Gasteiger charge is -2.04. The first-order valence-corrected chi connectivity index (χ1v) is 6.81. The quantitative estimate of drug-likeness (QED) is 0.515. The van der Waals surface area contributed by atoms with Gasteiger partial charge in [0, 0.05) is 15.7 Å². The minimum absolute atomic E-state index is 0.249. The first kappa shape index (κ1) is 14.3. The molecule has 102 valence electrons. The lowest BCUT2D eigenvalue weighted by Crippen LogP contribution is -2.19. The van der Waals surface area contributed by atoms with E-state index in [1.165, 1.54) is 0 Å². The van der Waals surface area contributed by atoms with Crippen LogP contribution in [0.3, 0.4) is 0 Å². The highest BCUT2D eigenvalue weighted by atomic mass is 79.9. The molecular weight excluding hydrogens is 318 g/mol. The molecule has 0 aliphatic rings.